The number of nitrogens with two attached hydrogens (primary N) is 1. The van der Waals surface area contributed by atoms with E-state index in [1.165, 1.54) is 17.1 Å². The van der Waals surface area contributed by atoms with E-state index in [4.69, 9.17) is 16.2 Å². The molecule has 2 aliphatic heterocycles. The van der Waals surface area contributed by atoms with Gasteiger partial charge in [0.2, 0.25) is 0 Å². The Kier molecular flexibility index (Phi) is 7.97. The van der Waals surface area contributed by atoms with Gasteiger partial charge in [0.1, 0.15) is 17.1 Å². The second kappa shape index (κ2) is 9.83. The Morgan fingerprint density at radius 3 is 2.86 bits per heavy atom. The van der Waals surface area contributed by atoms with E-state index in [0.29, 0.717) is 4.91 Å². The van der Waals surface area contributed by atoms with Gasteiger partial charge in [-0.3, -0.25) is 14.5 Å². The average molecular weight is 462 g/mol. The summed E-state index contributed by atoms with van der Waals surface area (Å²) in [5, 5.41) is 35.6. The SMILES string of the molecule is N#CCSC1=C(C(=O)[O-])N2C(=O)[C@@H](NC(=O)/C(=N\O)c3csc(N)n3)[C@@H]2SC1.[Na+]. The molecule has 0 aliphatic carbocycles. The minimum Gasteiger partial charge on any atom is -0.543 e. The smallest absolute Gasteiger partial charge is 0.543 e. The predicted molar refractivity (Wildman–Crippen MR) is 100.0 cm³/mol. The number of carbonyl (C=O) groups excluding carboxylic acids is 3. The number of nitrogens with zero attached hydrogens (tertiary/aromatic N) is 4. The zero-order valence-electron chi connectivity index (χ0n) is 14.8. The predicted octanol–water partition coefficient (Wildman–Crippen LogP) is -4.47. The summed E-state index contributed by atoms with van der Waals surface area (Å²) >= 11 is 3.31. The number of oxime groups is 1. The van der Waals surface area contributed by atoms with Gasteiger partial charge in [0.25, 0.3) is 11.8 Å². The molecule has 1 fully saturated rings. The third-order valence-electron chi connectivity index (χ3n) is 3.80. The Morgan fingerprint density at radius 1 is 1.59 bits per heavy atom. The third kappa shape index (κ3) is 4.55. The zero-order valence-corrected chi connectivity index (χ0v) is 19.3. The number of carboxylic acids is 1. The maximum absolute atomic E-state index is 12.5. The van der Waals surface area contributed by atoms with E-state index in [2.05, 4.69) is 15.5 Å². The van der Waals surface area contributed by atoms with Gasteiger partial charge < -0.3 is 26.2 Å². The second-order valence-corrected chi connectivity index (χ2v) is 8.45. The van der Waals surface area contributed by atoms with Crippen molar-refractivity contribution in [2.75, 3.05) is 17.2 Å². The molecule has 2 amide bonds. The molecule has 0 unspecified atom stereocenters. The molecule has 2 atom stereocenters. The fourth-order valence-corrected chi connectivity index (χ4v) is 5.47. The summed E-state index contributed by atoms with van der Waals surface area (Å²) in [6, 6.07) is 0.884. The molecule has 0 bridgehead atoms. The summed E-state index contributed by atoms with van der Waals surface area (Å²) in [4.78, 5) is 41.6. The number of carboxylic acid groups (broad SMARTS) is 1. The maximum Gasteiger partial charge on any atom is 1.00 e. The Bertz CT molecular complexity index is 958. The molecule has 4 N–H and O–H groups in total. The molecule has 0 radical (unpaired) electrons. The molecule has 1 aromatic rings. The minimum atomic E-state index is -1.53. The third-order valence-corrected chi connectivity index (χ3v) is 6.90. The van der Waals surface area contributed by atoms with Crippen LogP contribution in [0.4, 0.5) is 5.13 Å². The van der Waals surface area contributed by atoms with E-state index in [1.54, 1.807) is 0 Å². The van der Waals surface area contributed by atoms with Gasteiger partial charge in [-0.15, -0.1) is 34.9 Å². The molecule has 0 saturated carbocycles. The number of nitrogens with one attached hydrogen (secondary N) is 1. The van der Waals surface area contributed by atoms with Crippen LogP contribution in [0.25, 0.3) is 0 Å². The number of anilines is 1. The van der Waals surface area contributed by atoms with E-state index < -0.39 is 34.9 Å². The van der Waals surface area contributed by atoms with Crippen LogP contribution in [0.5, 0.6) is 0 Å². The van der Waals surface area contributed by atoms with E-state index >= 15 is 0 Å². The van der Waals surface area contributed by atoms with Crippen LogP contribution in [0, 0.1) is 11.3 Å². The molecule has 11 nitrogen and oxygen atoms in total. The van der Waals surface area contributed by atoms with E-state index in [-0.39, 0.29) is 57.6 Å². The molecule has 15 heteroatoms. The van der Waals surface area contributed by atoms with Gasteiger partial charge >= 0.3 is 29.6 Å². The van der Waals surface area contributed by atoms with E-state index in [9.17, 15) is 19.5 Å². The number of rotatable bonds is 6. The fraction of sp³-hybridized carbons (Fsp3) is 0.286. The van der Waals surface area contributed by atoms with Crippen molar-refractivity contribution < 1.29 is 54.3 Å². The standard InChI is InChI=1S/C14H12N6O5S3.Na/c15-1-2-26-6-4-27-12-8(11(22)20(12)9(6)13(23)24)18-10(21)7(19-25)5-3-28-14(16)17-5;/h3,8,12,25H,2,4H2,(H2,16,17)(H,18,21)(H,23,24);/q;+1/p-1/b19-7-;/t8-,12+;/m1./s1. The monoisotopic (exact) mass is 462 g/mol. The Balaban J connectivity index is 0.00000300. The molecule has 0 spiro atoms. The number of amides is 2. The van der Waals surface area contributed by atoms with Crippen molar-refractivity contribution >= 4 is 63.5 Å². The van der Waals surface area contributed by atoms with Gasteiger partial charge in [-0.05, 0) is 0 Å². The van der Waals surface area contributed by atoms with Gasteiger partial charge in [-0.25, -0.2) is 4.98 Å². The normalized spacial score (nSPS) is 20.9. The molecule has 146 valence electrons. The van der Waals surface area contributed by atoms with E-state index in [1.807, 2.05) is 6.07 Å². The van der Waals surface area contributed by atoms with Gasteiger partial charge in [-0.2, -0.15) is 5.26 Å². The Hall–Kier alpha value is -1.76. The van der Waals surface area contributed by atoms with Crippen LogP contribution >= 0.6 is 34.9 Å². The summed E-state index contributed by atoms with van der Waals surface area (Å²) in [7, 11) is 0. The summed E-state index contributed by atoms with van der Waals surface area (Å²) < 4.78 is 0. The minimum absolute atomic E-state index is 0. The Morgan fingerprint density at radius 2 is 2.31 bits per heavy atom. The number of fused-ring (bicyclic) bond motifs is 1. The molecular formula is C14H11N6NaO5S3. The number of hydrogen-bond acceptors (Lipinski definition) is 12. The van der Waals surface area contributed by atoms with Crippen LogP contribution in [-0.2, 0) is 14.4 Å². The van der Waals surface area contributed by atoms with Crippen molar-refractivity contribution in [1.29, 1.82) is 5.26 Å². The van der Waals surface area contributed by atoms with Crippen LogP contribution in [0.1, 0.15) is 5.69 Å². The van der Waals surface area contributed by atoms with Crippen molar-refractivity contribution in [2.24, 2.45) is 5.16 Å². The van der Waals surface area contributed by atoms with Gasteiger partial charge in [0, 0.05) is 16.0 Å². The number of carbonyl (C=O) groups is 3. The van der Waals surface area contributed by atoms with Crippen molar-refractivity contribution in [2.45, 2.75) is 11.4 Å². The molecule has 1 aromatic heterocycles. The van der Waals surface area contributed by atoms with Crippen LogP contribution in [0.3, 0.4) is 0 Å². The molecule has 1 saturated heterocycles. The van der Waals surface area contributed by atoms with Crippen LogP contribution in [0.15, 0.2) is 21.1 Å². The fourth-order valence-electron chi connectivity index (χ4n) is 2.63. The molecule has 2 aliphatic rings. The molecule has 3 rings (SSSR count). The Labute approximate surface area is 198 Å². The first-order valence-electron chi connectivity index (χ1n) is 7.52. The van der Waals surface area contributed by atoms with E-state index in [0.717, 1.165) is 28.0 Å². The molecule has 3 heterocycles. The summed E-state index contributed by atoms with van der Waals surface area (Å²) in [5.41, 5.74) is 4.84. The van der Waals surface area contributed by atoms with Gasteiger partial charge in [0.05, 0.1) is 23.5 Å². The maximum atomic E-state index is 12.5. The van der Waals surface area contributed by atoms with Crippen LogP contribution < -0.4 is 45.7 Å². The van der Waals surface area contributed by atoms with Crippen molar-refractivity contribution in [3.63, 3.8) is 0 Å². The summed E-state index contributed by atoms with van der Waals surface area (Å²) in [6.07, 6.45) is 0. The second-order valence-electron chi connectivity index (χ2n) is 5.39. The summed E-state index contributed by atoms with van der Waals surface area (Å²) in [5.74, 6) is -2.74. The van der Waals surface area contributed by atoms with Crippen molar-refractivity contribution in [3.05, 3.63) is 21.7 Å². The summed E-state index contributed by atoms with van der Waals surface area (Å²) in [6.45, 7) is 0. The number of nitriles is 1. The first-order chi connectivity index (χ1) is 13.4. The number of hydrogen-bond donors (Lipinski definition) is 3. The number of aromatic nitrogens is 1. The van der Waals surface area contributed by atoms with Crippen molar-refractivity contribution in [3.8, 4) is 6.07 Å². The van der Waals surface area contributed by atoms with Gasteiger partial charge in [0.15, 0.2) is 10.8 Å². The number of aliphatic carboxylic acids is 1. The van der Waals surface area contributed by atoms with Crippen LogP contribution in [-0.4, -0.2) is 61.5 Å². The molecular weight excluding hydrogens is 451 g/mol. The van der Waals surface area contributed by atoms with Gasteiger partial charge in [-0.1, -0.05) is 5.16 Å². The zero-order chi connectivity index (χ0) is 20.4. The first kappa shape index (κ1) is 23.5. The molecule has 0 aromatic carbocycles. The molecule has 29 heavy (non-hydrogen) atoms. The topological polar surface area (TPSA) is 185 Å². The number of thiazole rings is 1. The first-order valence-corrected chi connectivity index (χ1v) is 10.4. The average Bonchev–Trinajstić information content (AvgIpc) is 3.09. The number of β-lactam (4-membered cyclic amide) rings is 1. The quantitative estimate of drug-likeness (QED) is 0.122. The largest absolute Gasteiger partial charge is 1.00 e. The number of thioether (sulfide) groups is 2. The van der Waals surface area contributed by atoms with Crippen LogP contribution in [0.2, 0.25) is 0 Å². The van der Waals surface area contributed by atoms with Crippen molar-refractivity contribution in [1.82, 2.24) is 15.2 Å². The number of nitrogen functional groups attached to an aromatic ring is 1.